The number of hydrogen-bond acceptors (Lipinski definition) is 2. The van der Waals surface area contributed by atoms with Gasteiger partial charge in [0.1, 0.15) is 5.75 Å². The summed E-state index contributed by atoms with van der Waals surface area (Å²) < 4.78 is 43.2. The Kier molecular flexibility index (Phi) is 4.27. The molecule has 1 aromatic carbocycles. The lowest BCUT2D eigenvalue weighted by molar-refractivity contribution is -0.138. The van der Waals surface area contributed by atoms with Gasteiger partial charge in [0.05, 0.1) is 12.7 Å². The molecule has 0 aromatic heterocycles. The second-order valence-corrected chi connectivity index (χ2v) is 3.75. The Balaban J connectivity index is 0.00000144. The van der Waals surface area contributed by atoms with Crippen molar-refractivity contribution in [2.75, 3.05) is 13.7 Å². The first kappa shape index (κ1) is 14.1. The SMILES string of the molecule is COc1ccc([C@H]2CCN2)c(C(F)(F)F)c1.Cl. The molecule has 1 aliphatic rings. The minimum Gasteiger partial charge on any atom is -0.497 e. The molecule has 0 saturated carbocycles. The van der Waals surface area contributed by atoms with E-state index >= 15 is 0 Å². The highest BCUT2D eigenvalue weighted by Crippen LogP contribution is 2.38. The number of alkyl halides is 3. The largest absolute Gasteiger partial charge is 0.497 e. The maximum Gasteiger partial charge on any atom is 0.416 e. The van der Waals surface area contributed by atoms with Crippen LogP contribution in [0.2, 0.25) is 0 Å². The molecule has 0 radical (unpaired) electrons. The van der Waals surface area contributed by atoms with Crippen LogP contribution in [0, 0.1) is 0 Å². The van der Waals surface area contributed by atoms with Crippen molar-refractivity contribution in [3.05, 3.63) is 29.3 Å². The first-order valence-electron chi connectivity index (χ1n) is 5.01. The molecule has 0 amide bonds. The van der Waals surface area contributed by atoms with Gasteiger partial charge in [0.15, 0.2) is 0 Å². The van der Waals surface area contributed by atoms with Gasteiger partial charge < -0.3 is 10.1 Å². The predicted octanol–water partition coefficient (Wildman–Crippen LogP) is 3.17. The molecule has 6 heteroatoms. The molecule has 1 aliphatic heterocycles. The standard InChI is InChI=1S/C11H12F3NO.ClH/c1-16-7-2-3-8(10-4-5-15-10)9(6-7)11(12,13)14;/h2-3,6,10,15H,4-5H2,1H3;1H/t10-;/m1./s1. The van der Waals surface area contributed by atoms with Gasteiger partial charge in [-0.1, -0.05) is 6.07 Å². The zero-order valence-corrected chi connectivity index (χ0v) is 9.99. The number of methoxy groups -OCH3 is 1. The fourth-order valence-electron chi connectivity index (χ4n) is 1.77. The Morgan fingerprint density at radius 2 is 2.00 bits per heavy atom. The zero-order valence-electron chi connectivity index (χ0n) is 9.17. The van der Waals surface area contributed by atoms with E-state index in [1.54, 1.807) is 6.07 Å². The lowest BCUT2D eigenvalue weighted by atomic mass is 9.93. The summed E-state index contributed by atoms with van der Waals surface area (Å²) >= 11 is 0. The van der Waals surface area contributed by atoms with Crippen LogP contribution in [0.5, 0.6) is 5.75 Å². The summed E-state index contributed by atoms with van der Waals surface area (Å²) in [4.78, 5) is 0. The molecule has 96 valence electrons. The van der Waals surface area contributed by atoms with E-state index in [1.807, 2.05) is 0 Å². The van der Waals surface area contributed by atoms with Gasteiger partial charge in [0.25, 0.3) is 0 Å². The van der Waals surface area contributed by atoms with Crippen LogP contribution < -0.4 is 10.1 Å². The van der Waals surface area contributed by atoms with Crippen LogP contribution >= 0.6 is 12.4 Å². The fraction of sp³-hybridized carbons (Fsp3) is 0.455. The summed E-state index contributed by atoms with van der Waals surface area (Å²) in [5, 5.41) is 2.97. The van der Waals surface area contributed by atoms with E-state index in [0.717, 1.165) is 19.0 Å². The summed E-state index contributed by atoms with van der Waals surface area (Å²) in [5.41, 5.74) is -0.302. The van der Waals surface area contributed by atoms with Gasteiger partial charge in [-0.2, -0.15) is 13.2 Å². The quantitative estimate of drug-likeness (QED) is 0.889. The Bertz CT molecular complexity index is 391. The molecule has 1 heterocycles. The summed E-state index contributed by atoms with van der Waals surface area (Å²) in [6.45, 7) is 0.772. The van der Waals surface area contributed by atoms with E-state index in [2.05, 4.69) is 5.32 Å². The zero-order chi connectivity index (χ0) is 11.8. The van der Waals surface area contributed by atoms with Gasteiger partial charge in [0, 0.05) is 6.04 Å². The monoisotopic (exact) mass is 267 g/mol. The van der Waals surface area contributed by atoms with Crippen molar-refractivity contribution in [3.63, 3.8) is 0 Å². The lowest BCUT2D eigenvalue weighted by Gasteiger charge is -2.30. The summed E-state index contributed by atoms with van der Waals surface area (Å²) in [6, 6.07) is 3.92. The fourth-order valence-corrected chi connectivity index (χ4v) is 1.77. The van der Waals surface area contributed by atoms with Crippen LogP contribution in [-0.2, 0) is 6.18 Å². The molecule has 0 aliphatic carbocycles. The number of ether oxygens (including phenoxy) is 1. The molecule has 1 N–H and O–H groups in total. The van der Waals surface area contributed by atoms with Gasteiger partial charge in [-0.05, 0) is 30.7 Å². The number of rotatable bonds is 2. The highest BCUT2D eigenvalue weighted by Gasteiger charge is 2.36. The molecular weight excluding hydrogens is 255 g/mol. The van der Waals surface area contributed by atoms with Crippen LogP contribution in [0.25, 0.3) is 0 Å². The molecule has 0 bridgehead atoms. The Labute approximate surface area is 104 Å². The third-order valence-corrected chi connectivity index (χ3v) is 2.77. The third-order valence-electron chi connectivity index (χ3n) is 2.77. The van der Waals surface area contributed by atoms with Gasteiger partial charge in [0.2, 0.25) is 0 Å². The average molecular weight is 268 g/mol. The Morgan fingerprint density at radius 3 is 2.41 bits per heavy atom. The lowest BCUT2D eigenvalue weighted by Crippen LogP contribution is -2.36. The number of nitrogens with one attached hydrogen (secondary N) is 1. The van der Waals surface area contributed by atoms with Crippen LogP contribution in [-0.4, -0.2) is 13.7 Å². The normalized spacial score (nSPS) is 19.2. The molecular formula is C11H13ClF3NO. The van der Waals surface area contributed by atoms with Crippen LogP contribution in [0.15, 0.2) is 18.2 Å². The molecule has 1 atom stereocenters. The van der Waals surface area contributed by atoms with E-state index < -0.39 is 11.7 Å². The molecule has 1 saturated heterocycles. The Morgan fingerprint density at radius 1 is 1.35 bits per heavy atom. The van der Waals surface area contributed by atoms with E-state index in [4.69, 9.17) is 4.74 Å². The summed E-state index contributed by atoms with van der Waals surface area (Å²) in [5.74, 6) is 0.232. The Hall–Kier alpha value is -0.940. The predicted molar refractivity (Wildman–Crippen MR) is 60.6 cm³/mol. The van der Waals surface area contributed by atoms with Gasteiger partial charge in [-0.25, -0.2) is 0 Å². The number of halogens is 4. The molecule has 2 rings (SSSR count). The minimum absolute atomic E-state index is 0. The van der Waals surface area contributed by atoms with E-state index in [9.17, 15) is 13.2 Å². The van der Waals surface area contributed by atoms with E-state index in [0.29, 0.717) is 5.56 Å². The number of benzene rings is 1. The molecule has 1 aromatic rings. The third kappa shape index (κ3) is 2.84. The highest BCUT2D eigenvalue weighted by molar-refractivity contribution is 5.85. The molecule has 0 spiro atoms. The van der Waals surface area contributed by atoms with E-state index in [1.165, 1.54) is 13.2 Å². The summed E-state index contributed by atoms with van der Waals surface area (Å²) in [7, 11) is 1.36. The van der Waals surface area contributed by atoms with Gasteiger partial charge in [-0.3, -0.25) is 0 Å². The van der Waals surface area contributed by atoms with Crippen molar-refractivity contribution in [3.8, 4) is 5.75 Å². The van der Waals surface area contributed by atoms with Gasteiger partial charge in [-0.15, -0.1) is 12.4 Å². The van der Waals surface area contributed by atoms with Gasteiger partial charge >= 0.3 is 6.18 Å². The summed E-state index contributed by atoms with van der Waals surface area (Å²) in [6.07, 6.45) is -3.59. The average Bonchev–Trinajstić information content (AvgIpc) is 2.14. The van der Waals surface area contributed by atoms with Crippen molar-refractivity contribution < 1.29 is 17.9 Å². The van der Waals surface area contributed by atoms with Crippen molar-refractivity contribution in [1.82, 2.24) is 5.32 Å². The molecule has 1 fully saturated rings. The van der Waals surface area contributed by atoms with Crippen molar-refractivity contribution in [1.29, 1.82) is 0 Å². The maximum absolute atomic E-state index is 12.8. The van der Waals surface area contributed by atoms with Crippen LogP contribution in [0.3, 0.4) is 0 Å². The van der Waals surface area contributed by atoms with Crippen molar-refractivity contribution in [2.45, 2.75) is 18.6 Å². The minimum atomic E-state index is -4.33. The second-order valence-electron chi connectivity index (χ2n) is 3.75. The highest BCUT2D eigenvalue weighted by atomic mass is 35.5. The van der Waals surface area contributed by atoms with E-state index in [-0.39, 0.29) is 24.2 Å². The van der Waals surface area contributed by atoms with Crippen LogP contribution in [0.4, 0.5) is 13.2 Å². The smallest absolute Gasteiger partial charge is 0.416 e. The molecule has 2 nitrogen and oxygen atoms in total. The van der Waals surface area contributed by atoms with Crippen molar-refractivity contribution >= 4 is 12.4 Å². The maximum atomic E-state index is 12.8. The molecule has 0 unspecified atom stereocenters. The van der Waals surface area contributed by atoms with Crippen molar-refractivity contribution in [2.24, 2.45) is 0 Å². The second kappa shape index (κ2) is 5.14. The number of hydrogen-bond donors (Lipinski definition) is 1. The topological polar surface area (TPSA) is 21.3 Å². The first-order valence-corrected chi connectivity index (χ1v) is 5.01. The van der Waals surface area contributed by atoms with Crippen LogP contribution in [0.1, 0.15) is 23.6 Å². The molecule has 17 heavy (non-hydrogen) atoms. The first-order chi connectivity index (χ1) is 7.52.